The molecule has 0 aliphatic carbocycles. The lowest BCUT2D eigenvalue weighted by Crippen LogP contribution is -2.54. The summed E-state index contributed by atoms with van der Waals surface area (Å²) in [6.45, 7) is 4.09. The predicted molar refractivity (Wildman–Crippen MR) is 112 cm³/mol. The zero-order valence-corrected chi connectivity index (χ0v) is 17.0. The Balaban J connectivity index is 1.83. The maximum Gasteiger partial charge on any atom is 0.220 e. The predicted octanol–water partition coefficient (Wildman–Crippen LogP) is 4.41. The molecular formula is C18H18Cl3N5O. The van der Waals surface area contributed by atoms with Crippen molar-refractivity contribution in [2.24, 2.45) is 21.5 Å². The van der Waals surface area contributed by atoms with E-state index in [9.17, 15) is 0 Å². The van der Waals surface area contributed by atoms with Crippen molar-refractivity contribution >= 4 is 52.4 Å². The minimum atomic E-state index is -0.664. The van der Waals surface area contributed by atoms with E-state index in [0.29, 0.717) is 20.8 Å². The smallest absolute Gasteiger partial charge is 0.220 e. The van der Waals surface area contributed by atoms with Gasteiger partial charge in [0.1, 0.15) is 18.0 Å². The molecule has 0 bridgehead atoms. The molecule has 27 heavy (non-hydrogen) atoms. The summed E-state index contributed by atoms with van der Waals surface area (Å²) in [6.07, 6.45) is 0. The van der Waals surface area contributed by atoms with Crippen LogP contribution in [0.1, 0.15) is 19.4 Å². The van der Waals surface area contributed by atoms with Crippen LogP contribution in [0, 0.1) is 0 Å². The van der Waals surface area contributed by atoms with Crippen molar-refractivity contribution in [3.8, 4) is 5.75 Å². The Kier molecular flexibility index (Phi) is 5.42. The molecule has 2 aromatic carbocycles. The van der Waals surface area contributed by atoms with Crippen LogP contribution < -0.4 is 21.1 Å². The Hall–Kier alpha value is -2.15. The van der Waals surface area contributed by atoms with Crippen molar-refractivity contribution < 1.29 is 4.74 Å². The molecule has 0 radical (unpaired) electrons. The monoisotopic (exact) mass is 425 g/mol. The lowest BCUT2D eigenvalue weighted by Gasteiger charge is -2.38. The van der Waals surface area contributed by atoms with Gasteiger partial charge in [-0.25, -0.2) is 4.99 Å². The van der Waals surface area contributed by atoms with E-state index < -0.39 is 5.66 Å². The molecule has 2 aromatic rings. The summed E-state index contributed by atoms with van der Waals surface area (Å²) in [5.74, 6) is 0.883. The van der Waals surface area contributed by atoms with E-state index >= 15 is 0 Å². The van der Waals surface area contributed by atoms with Gasteiger partial charge in [-0.1, -0.05) is 46.9 Å². The first kappa shape index (κ1) is 19.6. The maximum atomic E-state index is 6.16. The highest BCUT2D eigenvalue weighted by Gasteiger charge is 2.33. The van der Waals surface area contributed by atoms with Gasteiger partial charge in [-0.05, 0) is 37.6 Å². The number of guanidine groups is 2. The molecule has 1 heterocycles. The summed E-state index contributed by atoms with van der Waals surface area (Å²) < 4.78 is 5.79. The van der Waals surface area contributed by atoms with E-state index in [-0.39, 0.29) is 18.5 Å². The topological polar surface area (TPSA) is 89.2 Å². The fraction of sp³-hybridized carbons (Fsp3) is 0.222. The molecule has 3 rings (SSSR count). The largest absolute Gasteiger partial charge is 0.487 e. The van der Waals surface area contributed by atoms with Crippen LogP contribution in [-0.2, 0) is 6.61 Å². The number of hydrogen-bond acceptors (Lipinski definition) is 6. The minimum absolute atomic E-state index is 0.155. The van der Waals surface area contributed by atoms with E-state index in [1.165, 1.54) is 0 Å². The first-order valence-electron chi connectivity index (χ1n) is 8.03. The van der Waals surface area contributed by atoms with Crippen LogP contribution in [-0.4, -0.2) is 17.6 Å². The van der Waals surface area contributed by atoms with Crippen LogP contribution in [0.15, 0.2) is 46.4 Å². The average Bonchev–Trinajstić information content (AvgIpc) is 2.55. The van der Waals surface area contributed by atoms with Gasteiger partial charge in [0.05, 0.1) is 15.1 Å². The number of aliphatic imine (C=N–C) groups is 2. The fourth-order valence-electron chi connectivity index (χ4n) is 2.81. The van der Waals surface area contributed by atoms with Crippen LogP contribution in [0.2, 0.25) is 15.1 Å². The summed E-state index contributed by atoms with van der Waals surface area (Å²) in [4.78, 5) is 10.2. The van der Waals surface area contributed by atoms with Crippen molar-refractivity contribution in [3.05, 3.63) is 57.0 Å². The zero-order valence-electron chi connectivity index (χ0n) is 14.7. The Morgan fingerprint density at radius 3 is 2.44 bits per heavy atom. The number of anilines is 1. The Morgan fingerprint density at radius 2 is 1.74 bits per heavy atom. The molecule has 4 N–H and O–H groups in total. The number of rotatable bonds is 4. The molecule has 0 saturated carbocycles. The number of nitrogens with zero attached hydrogens (tertiary/aromatic N) is 3. The normalized spacial score (nSPS) is 16.0. The van der Waals surface area contributed by atoms with E-state index in [1.54, 1.807) is 17.0 Å². The third kappa shape index (κ3) is 4.24. The number of ether oxygens (including phenoxy) is 1. The first-order valence-corrected chi connectivity index (χ1v) is 9.17. The molecule has 0 spiro atoms. The van der Waals surface area contributed by atoms with Gasteiger partial charge in [0.15, 0.2) is 0 Å². The second kappa shape index (κ2) is 7.46. The molecule has 0 aromatic heterocycles. The quantitative estimate of drug-likeness (QED) is 0.709. The van der Waals surface area contributed by atoms with E-state index in [4.69, 9.17) is 51.0 Å². The standard InChI is InChI=1S/C18H18Cl3N5O/c1-18(2)25-16(22)24-17(23)26(18)11-5-3-4-10(6-11)9-27-15-8-13(20)12(19)7-14(15)21/h3-8H,9H2,1-2H3,(H4,22,23,24,25). The van der Waals surface area contributed by atoms with E-state index in [1.807, 2.05) is 38.1 Å². The van der Waals surface area contributed by atoms with Crippen LogP contribution in [0.5, 0.6) is 5.75 Å². The molecule has 0 unspecified atom stereocenters. The van der Waals surface area contributed by atoms with Crippen molar-refractivity contribution in [3.63, 3.8) is 0 Å². The van der Waals surface area contributed by atoms with Gasteiger partial charge in [-0.15, -0.1) is 0 Å². The Bertz CT molecular complexity index is 943. The maximum absolute atomic E-state index is 6.16. The summed E-state index contributed by atoms with van der Waals surface area (Å²) >= 11 is 18.1. The molecule has 1 aliphatic rings. The highest BCUT2D eigenvalue weighted by Crippen LogP contribution is 2.34. The Morgan fingerprint density at radius 1 is 1.04 bits per heavy atom. The number of halogens is 3. The van der Waals surface area contributed by atoms with E-state index in [2.05, 4.69) is 9.98 Å². The van der Waals surface area contributed by atoms with Gasteiger partial charge in [0.25, 0.3) is 0 Å². The van der Waals surface area contributed by atoms with Gasteiger partial charge in [-0.3, -0.25) is 4.90 Å². The van der Waals surface area contributed by atoms with Crippen molar-refractivity contribution in [1.29, 1.82) is 0 Å². The molecular weight excluding hydrogens is 409 g/mol. The van der Waals surface area contributed by atoms with Gasteiger partial charge in [0.2, 0.25) is 11.9 Å². The highest BCUT2D eigenvalue weighted by molar-refractivity contribution is 6.43. The SMILES string of the molecule is CC1(C)N=C(N)N=C(N)N1c1cccc(COc2cc(Cl)c(Cl)cc2Cl)c1. The van der Waals surface area contributed by atoms with Crippen LogP contribution in [0.3, 0.4) is 0 Å². The van der Waals surface area contributed by atoms with E-state index in [0.717, 1.165) is 11.3 Å². The molecule has 6 nitrogen and oxygen atoms in total. The summed E-state index contributed by atoms with van der Waals surface area (Å²) in [5.41, 5.74) is 12.9. The third-order valence-corrected chi connectivity index (χ3v) is 4.95. The first-order chi connectivity index (χ1) is 12.7. The van der Waals surface area contributed by atoms with Gasteiger partial charge in [0, 0.05) is 11.8 Å². The molecule has 0 atom stereocenters. The lowest BCUT2D eigenvalue weighted by molar-refractivity contribution is 0.306. The van der Waals surface area contributed by atoms with Crippen LogP contribution in [0.4, 0.5) is 5.69 Å². The molecule has 0 saturated heterocycles. The average molecular weight is 427 g/mol. The van der Waals surface area contributed by atoms with Crippen LogP contribution >= 0.6 is 34.8 Å². The molecule has 0 amide bonds. The van der Waals surface area contributed by atoms with Gasteiger partial charge >= 0.3 is 0 Å². The van der Waals surface area contributed by atoms with Gasteiger partial charge in [-0.2, -0.15) is 4.99 Å². The summed E-state index contributed by atoms with van der Waals surface area (Å²) in [6, 6.07) is 10.8. The fourth-order valence-corrected chi connectivity index (χ4v) is 3.40. The number of hydrogen-bond donors (Lipinski definition) is 2. The highest BCUT2D eigenvalue weighted by atomic mass is 35.5. The second-order valence-electron chi connectivity index (χ2n) is 6.43. The molecule has 142 valence electrons. The zero-order chi connectivity index (χ0) is 19.8. The molecule has 1 aliphatic heterocycles. The second-order valence-corrected chi connectivity index (χ2v) is 7.65. The summed E-state index contributed by atoms with van der Waals surface area (Å²) in [5, 5.41) is 1.14. The number of benzene rings is 2. The number of nitrogens with two attached hydrogens (primary N) is 2. The third-order valence-electron chi connectivity index (χ3n) is 3.93. The van der Waals surface area contributed by atoms with Crippen LogP contribution in [0.25, 0.3) is 0 Å². The molecule has 9 heteroatoms. The minimum Gasteiger partial charge on any atom is -0.487 e. The lowest BCUT2D eigenvalue weighted by atomic mass is 10.1. The Labute approximate surface area is 172 Å². The van der Waals surface area contributed by atoms with Gasteiger partial charge < -0.3 is 16.2 Å². The van der Waals surface area contributed by atoms with Crippen molar-refractivity contribution in [2.75, 3.05) is 4.90 Å². The molecule has 0 fully saturated rings. The summed E-state index contributed by atoms with van der Waals surface area (Å²) in [7, 11) is 0. The van der Waals surface area contributed by atoms with Crippen molar-refractivity contribution in [1.82, 2.24) is 0 Å². The van der Waals surface area contributed by atoms with Crippen molar-refractivity contribution in [2.45, 2.75) is 26.1 Å².